The van der Waals surface area contributed by atoms with Gasteiger partial charge in [0.25, 0.3) is 0 Å². The summed E-state index contributed by atoms with van der Waals surface area (Å²) in [7, 11) is 0. The van der Waals surface area contributed by atoms with Crippen LogP contribution in [-0.4, -0.2) is 54.5 Å². The first-order chi connectivity index (χ1) is 16.9. The molecule has 4 aromatic rings. The lowest BCUT2D eigenvalue weighted by Gasteiger charge is -2.19. The molecule has 2 amide bonds. The van der Waals surface area contributed by atoms with Crippen LogP contribution in [0.5, 0.6) is 0 Å². The van der Waals surface area contributed by atoms with Crippen LogP contribution in [0.1, 0.15) is 25.8 Å². The van der Waals surface area contributed by atoms with Crippen molar-refractivity contribution in [2.45, 2.75) is 25.8 Å². The van der Waals surface area contributed by atoms with Gasteiger partial charge >= 0.3 is 0 Å². The first-order valence-corrected chi connectivity index (χ1v) is 12.0. The van der Waals surface area contributed by atoms with Crippen LogP contribution in [0, 0.1) is 0 Å². The maximum atomic E-state index is 12.0. The van der Waals surface area contributed by atoms with Gasteiger partial charge in [0.1, 0.15) is 17.8 Å². The molecule has 0 unspecified atom stereocenters. The lowest BCUT2D eigenvalue weighted by atomic mass is 10.1. The van der Waals surface area contributed by atoms with Gasteiger partial charge in [0, 0.05) is 25.6 Å². The number of aromatic nitrogens is 5. The number of benzene rings is 1. The summed E-state index contributed by atoms with van der Waals surface area (Å²) in [4.78, 5) is 38.5. The molecule has 1 aromatic carbocycles. The molecular formula is C24H22N8O2S. The maximum Gasteiger partial charge on any atom is 0.246 e. The highest BCUT2D eigenvalue weighted by atomic mass is 32.1. The first kappa shape index (κ1) is 21.4. The van der Waals surface area contributed by atoms with Crippen molar-refractivity contribution in [3.8, 4) is 11.3 Å². The molecule has 10 nitrogen and oxygen atoms in total. The maximum absolute atomic E-state index is 12.0. The zero-order valence-electron chi connectivity index (χ0n) is 19.0. The Balaban J connectivity index is 1.37. The van der Waals surface area contributed by atoms with Gasteiger partial charge in [0.15, 0.2) is 10.8 Å². The lowest BCUT2D eigenvalue weighted by Crippen LogP contribution is -2.29. The quantitative estimate of drug-likeness (QED) is 0.334. The van der Waals surface area contributed by atoms with Gasteiger partial charge in [-0.2, -0.15) is 5.10 Å². The molecule has 2 aliphatic rings. The number of nitrogens with zero attached hydrogens (tertiary/aromatic N) is 6. The topological polar surface area (TPSA) is 132 Å². The van der Waals surface area contributed by atoms with Crippen molar-refractivity contribution in [2.24, 2.45) is 0 Å². The largest absolute Gasteiger partial charge is 0.383 e. The standard InChI is InChI=1S/C24H22N8O2S/c1-3-19(34)31-9-14-6-16(7-15(14)10-31)32-23-20(22(25)26-11-27-23)21(30-32)13-4-5-17-18(8-13)35-24(29-17)28-12(2)33/h3-5,8,11,16H,1,6-7,9-10H2,2H3,(H2,25,26,27)(H,28,29,33). The second-order valence-corrected chi connectivity index (χ2v) is 9.83. The summed E-state index contributed by atoms with van der Waals surface area (Å²) in [6, 6.07) is 5.96. The fraction of sp³-hybridized carbons (Fsp3) is 0.250. The Bertz CT molecular complexity index is 1570. The lowest BCUT2D eigenvalue weighted by molar-refractivity contribution is -0.124. The van der Waals surface area contributed by atoms with E-state index in [1.165, 1.54) is 41.8 Å². The van der Waals surface area contributed by atoms with E-state index in [9.17, 15) is 9.59 Å². The van der Waals surface area contributed by atoms with Gasteiger partial charge in [-0.15, -0.1) is 0 Å². The van der Waals surface area contributed by atoms with Crippen LogP contribution in [0.2, 0.25) is 0 Å². The predicted octanol–water partition coefficient (Wildman–Crippen LogP) is 3.30. The van der Waals surface area contributed by atoms with Crippen molar-refractivity contribution in [3.63, 3.8) is 0 Å². The summed E-state index contributed by atoms with van der Waals surface area (Å²) in [5.41, 5.74) is 12.0. The molecule has 1 aliphatic carbocycles. The summed E-state index contributed by atoms with van der Waals surface area (Å²) < 4.78 is 2.89. The number of thiazole rings is 1. The number of hydrogen-bond acceptors (Lipinski definition) is 8. The minimum atomic E-state index is -0.159. The number of fused-ring (bicyclic) bond motifs is 2. The van der Waals surface area contributed by atoms with E-state index in [2.05, 4.69) is 26.8 Å². The second-order valence-electron chi connectivity index (χ2n) is 8.80. The number of nitrogens with two attached hydrogens (primary N) is 1. The smallest absolute Gasteiger partial charge is 0.246 e. The van der Waals surface area contributed by atoms with E-state index < -0.39 is 0 Å². The van der Waals surface area contributed by atoms with Crippen LogP contribution in [0.15, 0.2) is 48.3 Å². The number of hydrogen-bond donors (Lipinski definition) is 2. The summed E-state index contributed by atoms with van der Waals surface area (Å²) in [6.07, 6.45) is 4.45. The highest BCUT2D eigenvalue weighted by Gasteiger charge is 2.35. The predicted molar refractivity (Wildman–Crippen MR) is 135 cm³/mol. The van der Waals surface area contributed by atoms with E-state index in [0.717, 1.165) is 28.6 Å². The van der Waals surface area contributed by atoms with Crippen LogP contribution in [-0.2, 0) is 9.59 Å². The van der Waals surface area contributed by atoms with Gasteiger partial charge < -0.3 is 16.0 Å². The van der Waals surface area contributed by atoms with Crippen molar-refractivity contribution >= 4 is 55.4 Å². The van der Waals surface area contributed by atoms with E-state index in [1.807, 2.05) is 27.8 Å². The van der Waals surface area contributed by atoms with E-state index >= 15 is 0 Å². The number of anilines is 2. The molecule has 0 saturated carbocycles. The molecular weight excluding hydrogens is 464 g/mol. The minimum absolute atomic E-state index is 0.0385. The Morgan fingerprint density at radius 1 is 1.23 bits per heavy atom. The molecule has 0 atom stereocenters. The van der Waals surface area contributed by atoms with E-state index in [-0.39, 0.29) is 17.9 Å². The molecule has 0 bridgehead atoms. The van der Waals surface area contributed by atoms with Crippen LogP contribution in [0.25, 0.3) is 32.5 Å². The third-order valence-electron chi connectivity index (χ3n) is 6.52. The minimum Gasteiger partial charge on any atom is -0.383 e. The number of rotatable bonds is 4. The third kappa shape index (κ3) is 3.55. The normalized spacial score (nSPS) is 15.9. The zero-order valence-corrected chi connectivity index (χ0v) is 19.8. The van der Waals surface area contributed by atoms with Gasteiger partial charge in [-0.1, -0.05) is 24.0 Å². The Kier molecular flexibility index (Phi) is 4.88. The Hall–Kier alpha value is -4.12. The fourth-order valence-corrected chi connectivity index (χ4v) is 5.94. The SMILES string of the molecule is C=CC(=O)N1CC2=C(CC(n3nc(-c4ccc5nc(NC(C)=O)sc5c4)c4c(N)ncnc43)C2)C1. The first-order valence-electron chi connectivity index (χ1n) is 11.2. The van der Waals surface area contributed by atoms with E-state index in [4.69, 9.17) is 10.8 Å². The fourth-order valence-electron chi connectivity index (χ4n) is 4.98. The van der Waals surface area contributed by atoms with Gasteiger partial charge in [-0.25, -0.2) is 19.6 Å². The zero-order chi connectivity index (χ0) is 24.3. The molecule has 3 N–H and O–H groups in total. The monoisotopic (exact) mass is 486 g/mol. The Morgan fingerprint density at radius 2 is 2.00 bits per heavy atom. The molecule has 11 heteroatoms. The summed E-state index contributed by atoms with van der Waals surface area (Å²) in [6.45, 7) is 6.33. The highest BCUT2D eigenvalue weighted by molar-refractivity contribution is 7.22. The van der Waals surface area contributed by atoms with Gasteiger partial charge in [0.05, 0.1) is 21.6 Å². The molecule has 0 fully saturated rings. The second kappa shape index (κ2) is 7.98. The molecule has 35 heavy (non-hydrogen) atoms. The molecule has 0 spiro atoms. The molecule has 0 radical (unpaired) electrons. The Labute approximate surface area is 204 Å². The Morgan fingerprint density at radius 3 is 2.71 bits per heavy atom. The number of amides is 2. The van der Waals surface area contributed by atoms with Crippen LogP contribution < -0.4 is 11.1 Å². The average Bonchev–Trinajstić information content (AvgIpc) is 3.57. The van der Waals surface area contributed by atoms with Crippen molar-refractivity contribution in [1.29, 1.82) is 0 Å². The number of nitrogens with one attached hydrogen (secondary N) is 1. The van der Waals surface area contributed by atoms with E-state index in [0.29, 0.717) is 40.8 Å². The van der Waals surface area contributed by atoms with Crippen molar-refractivity contribution in [3.05, 3.63) is 48.3 Å². The average molecular weight is 487 g/mol. The highest BCUT2D eigenvalue weighted by Crippen LogP contribution is 2.42. The summed E-state index contributed by atoms with van der Waals surface area (Å²) in [5, 5.41) is 9.00. The molecule has 0 saturated heterocycles. The van der Waals surface area contributed by atoms with Crippen molar-refractivity contribution in [2.75, 3.05) is 24.1 Å². The number of carbonyl (C=O) groups excluding carboxylic acids is 2. The van der Waals surface area contributed by atoms with Crippen molar-refractivity contribution < 1.29 is 9.59 Å². The molecule has 176 valence electrons. The number of likely N-dealkylation sites (tertiary alicyclic amines) is 1. The third-order valence-corrected chi connectivity index (χ3v) is 7.46. The summed E-state index contributed by atoms with van der Waals surface area (Å²) >= 11 is 1.41. The number of nitrogen functional groups attached to an aromatic ring is 1. The van der Waals surface area contributed by atoms with Gasteiger partial charge in [0.2, 0.25) is 11.8 Å². The van der Waals surface area contributed by atoms with Crippen molar-refractivity contribution in [1.82, 2.24) is 29.6 Å². The van der Waals surface area contributed by atoms with Gasteiger partial charge in [-0.05, 0) is 42.2 Å². The van der Waals surface area contributed by atoms with Gasteiger partial charge in [-0.3, -0.25) is 9.59 Å². The summed E-state index contributed by atoms with van der Waals surface area (Å²) in [5.74, 6) is 0.178. The van der Waals surface area contributed by atoms with Crippen LogP contribution >= 0.6 is 11.3 Å². The van der Waals surface area contributed by atoms with Crippen LogP contribution in [0.4, 0.5) is 10.9 Å². The molecule has 1 aliphatic heterocycles. The van der Waals surface area contributed by atoms with E-state index in [1.54, 1.807) is 0 Å². The molecule has 6 rings (SSSR count). The number of carbonyl (C=O) groups is 2. The van der Waals surface area contributed by atoms with Crippen LogP contribution in [0.3, 0.4) is 0 Å². The molecule has 3 aromatic heterocycles. The molecule has 4 heterocycles.